The Bertz CT molecular complexity index is 779. The van der Waals surface area contributed by atoms with Crippen LogP contribution in [0.1, 0.15) is 31.9 Å². The number of piperazine rings is 1. The Morgan fingerprint density at radius 2 is 1.81 bits per heavy atom. The second-order valence-corrected chi connectivity index (χ2v) is 10.1. The molecule has 1 saturated heterocycles. The number of hydrogen-bond donors (Lipinski definition) is 2. The molecule has 2 N–H and O–H groups in total. The van der Waals surface area contributed by atoms with Crippen molar-refractivity contribution in [3.05, 3.63) is 29.3 Å². The maximum atomic E-state index is 12.9. The molecule has 2 rings (SSSR count). The van der Waals surface area contributed by atoms with Crippen LogP contribution in [-0.2, 0) is 26.7 Å². The van der Waals surface area contributed by atoms with E-state index in [2.05, 4.69) is 5.32 Å². The van der Waals surface area contributed by atoms with Crippen LogP contribution in [-0.4, -0.2) is 74.2 Å². The summed E-state index contributed by atoms with van der Waals surface area (Å²) in [6, 6.07) is 5.07. The number of hydrogen-bond acceptors (Lipinski definition) is 5. The molecule has 0 aromatic heterocycles. The average Bonchev–Trinajstić information content (AvgIpc) is 2.58. The van der Waals surface area contributed by atoms with Crippen LogP contribution in [0.15, 0.2) is 18.2 Å². The summed E-state index contributed by atoms with van der Waals surface area (Å²) in [6.45, 7) is 7.55. The third-order valence-electron chi connectivity index (χ3n) is 4.97. The maximum Gasteiger partial charge on any atom is 0.240 e. The number of likely N-dealkylation sites (N-methyl/N-ethyl adjacent to an activating group) is 1. The summed E-state index contributed by atoms with van der Waals surface area (Å²) in [5, 5.41) is 13.2. The third kappa shape index (κ3) is 5.43. The second kappa shape index (κ2) is 8.16. The lowest BCUT2D eigenvalue weighted by Crippen LogP contribution is -2.55. The molecule has 0 aliphatic carbocycles. The predicted molar refractivity (Wildman–Crippen MR) is 106 cm³/mol. The Kier molecular flexibility index (Phi) is 6.55. The molecule has 0 radical (unpaired) electrons. The molecule has 0 bridgehead atoms. The van der Waals surface area contributed by atoms with Gasteiger partial charge in [0.15, 0.2) is 0 Å². The normalized spacial score (nSPS) is 17.7. The molecule has 1 aromatic carbocycles. The number of rotatable bonds is 5. The number of amides is 1. The lowest BCUT2D eigenvalue weighted by Gasteiger charge is -2.35. The van der Waals surface area contributed by atoms with Crippen molar-refractivity contribution in [2.45, 2.75) is 38.6 Å². The number of sulfonamides is 1. The van der Waals surface area contributed by atoms with E-state index < -0.39 is 16.1 Å². The lowest BCUT2D eigenvalue weighted by atomic mass is 9.84. The van der Waals surface area contributed by atoms with Gasteiger partial charge in [-0.25, -0.2) is 8.42 Å². The number of phenols is 1. The van der Waals surface area contributed by atoms with Crippen LogP contribution in [0.4, 0.5) is 0 Å². The van der Waals surface area contributed by atoms with E-state index in [0.29, 0.717) is 32.6 Å². The minimum absolute atomic E-state index is 0.0314. The highest BCUT2D eigenvalue weighted by Crippen LogP contribution is 2.31. The molecule has 1 fully saturated rings. The summed E-state index contributed by atoms with van der Waals surface area (Å²) < 4.78 is 24.7. The molecule has 1 amide bonds. The molecule has 1 aliphatic heterocycles. The highest BCUT2D eigenvalue weighted by Gasteiger charge is 2.30. The molecule has 7 nitrogen and oxygen atoms in total. The topological polar surface area (TPSA) is 89.9 Å². The van der Waals surface area contributed by atoms with E-state index in [4.69, 9.17) is 0 Å². The first-order valence-electron chi connectivity index (χ1n) is 9.17. The van der Waals surface area contributed by atoms with Gasteiger partial charge in [-0.15, -0.1) is 0 Å². The second-order valence-electron chi connectivity index (χ2n) is 8.13. The zero-order chi connectivity index (χ0) is 20.4. The van der Waals surface area contributed by atoms with E-state index >= 15 is 0 Å². The largest absolute Gasteiger partial charge is 0.508 e. The lowest BCUT2D eigenvalue weighted by molar-refractivity contribution is -0.134. The van der Waals surface area contributed by atoms with Crippen LogP contribution < -0.4 is 5.32 Å². The van der Waals surface area contributed by atoms with Crippen LogP contribution in [0.25, 0.3) is 0 Å². The summed E-state index contributed by atoms with van der Waals surface area (Å²) in [7, 11) is -1.47. The van der Waals surface area contributed by atoms with Crippen LogP contribution in [0.2, 0.25) is 0 Å². The number of phenolic OH excluding ortho intramolecular Hbond substituents is 1. The molecule has 152 valence electrons. The predicted octanol–water partition coefficient (Wildman–Crippen LogP) is 0.924. The Morgan fingerprint density at radius 3 is 2.30 bits per heavy atom. The van der Waals surface area contributed by atoms with Gasteiger partial charge in [-0.2, -0.15) is 4.31 Å². The molecular weight excluding hydrogens is 366 g/mol. The Hall–Kier alpha value is -1.64. The van der Waals surface area contributed by atoms with Gasteiger partial charge in [0.2, 0.25) is 15.9 Å². The van der Waals surface area contributed by atoms with Crippen LogP contribution >= 0.6 is 0 Å². The SMILES string of the molecule is CN[C@@H](Cc1ccc(O)c(C(C)(C)C)c1)C(=O)N1CCN(S(C)(=O)=O)CC1. The van der Waals surface area contributed by atoms with E-state index in [0.717, 1.165) is 11.1 Å². The first-order chi connectivity index (χ1) is 12.4. The van der Waals surface area contributed by atoms with Crippen molar-refractivity contribution in [1.29, 1.82) is 0 Å². The fraction of sp³-hybridized carbons (Fsp3) is 0.632. The summed E-state index contributed by atoms with van der Waals surface area (Å²) in [5.74, 6) is 0.228. The molecule has 1 heterocycles. The van der Waals surface area contributed by atoms with Crippen molar-refractivity contribution >= 4 is 15.9 Å². The molecule has 1 aromatic rings. The van der Waals surface area contributed by atoms with Crippen LogP contribution in [0, 0.1) is 0 Å². The van der Waals surface area contributed by atoms with Gasteiger partial charge in [0, 0.05) is 26.2 Å². The number of nitrogens with one attached hydrogen (secondary N) is 1. The van der Waals surface area contributed by atoms with E-state index in [-0.39, 0.29) is 17.1 Å². The summed E-state index contributed by atoms with van der Waals surface area (Å²) >= 11 is 0. The molecule has 0 unspecified atom stereocenters. The Morgan fingerprint density at radius 1 is 1.22 bits per heavy atom. The fourth-order valence-corrected chi connectivity index (χ4v) is 4.15. The maximum absolute atomic E-state index is 12.9. The first-order valence-corrected chi connectivity index (χ1v) is 11.0. The number of carbonyl (C=O) groups is 1. The molecule has 0 spiro atoms. The van der Waals surface area contributed by atoms with Crippen molar-refractivity contribution in [3.63, 3.8) is 0 Å². The first kappa shape index (κ1) is 21.7. The van der Waals surface area contributed by atoms with E-state index in [1.165, 1.54) is 10.6 Å². The van der Waals surface area contributed by atoms with Gasteiger partial charge in [-0.3, -0.25) is 4.79 Å². The highest BCUT2D eigenvalue weighted by atomic mass is 32.2. The summed E-state index contributed by atoms with van der Waals surface area (Å²) in [5.41, 5.74) is 1.63. The zero-order valence-corrected chi connectivity index (χ0v) is 17.6. The standard InChI is InChI=1S/C19H31N3O4S/c1-19(2,3)15-12-14(6-7-17(15)23)13-16(20-4)18(24)21-8-10-22(11-9-21)27(5,25)26/h6-7,12,16,20,23H,8-11,13H2,1-5H3/t16-/m0/s1. The molecule has 1 atom stereocenters. The van der Waals surface area contributed by atoms with E-state index in [1.807, 2.05) is 32.9 Å². The minimum atomic E-state index is -3.22. The van der Waals surface area contributed by atoms with Crippen molar-refractivity contribution in [3.8, 4) is 5.75 Å². The van der Waals surface area contributed by atoms with Crippen LogP contribution in [0.5, 0.6) is 5.75 Å². The minimum Gasteiger partial charge on any atom is -0.508 e. The van der Waals surface area contributed by atoms with Crippen LogP contribution in [0.3, 0.4) is 0 Å². The Labute approximate surface area is 162 Å². The summed E-state index contributed by atoms with van der Waals surface area (Å²) in [4.78, 5) is 14.6. The molecule has 8 heteroatoms. The van der Waals surface area contributed by atoms with Gasteiger partial charge in [-0.05, 0) is 36.1 Å². The molecule has 1 aliphatic rings. The molecular formula is C19H31N3O4S. The van der Waals surface area contributed by atoms with Gasteiger partial charge in [-0.1, -0.05) is 32.9 Å². The van der Waals surface area contributed by atoms with Gasteiger partial charge in [0.05, 0.1) is 12.3 Å². The van der Waals surface area contributed by atoms with Crippen molar-refractivity contribution in [1.82, 2.24) is 14.5 Å². The molecule has 0 saturated carbocycles. The number of nitrogens with zero attached hydrogens (tertiary/aromatic N) is 2. The van der Waals surface area contributed by atoms with Crippen molar-refractivity contribution in [2.24, 2.45) is 0 Å². The van der Waals surface area contributed by atoms with Crippen molar-refractivity contribution < 1.29 is 18.3 Å². The van der Waals surface area contributed by atoms with Gasteiger partial charge in [0.1, 0.15) is 5.75 Å². The third-order valence-corrected chi connectivity index (χ3v) is 6.28. The monoisotopic (exact) mass is 397 g/mol. The zero-order valence-electron chi connectivity index (χ0n) is 16.8. The van der Waals surface area contributed by atoms with Crippen molar-refractivity contribution in [2.75, 3.05) is 39.5 Å². The highest BCUT2D eigenvalue weighted by molar-refractivity contribution is 7.88. The summed E-state index contributed by atoms with van der Waals surface area (Å²) in [6.07, 6.45) is 1.70. The fourth-order valence-electron chi connectivity index (χ4n) is 3.32. The smallest absolute Gasteiger partial charge is 0.240 e. The van der Waals surface area contributed by atoms with Gasteiger partial charge >= 0.3 is 0 Å². The number of benzene rings is 1. The quantitative estimate of drug-likeness (QED) is 0.771. The Balaban J connectivity index is 2.08. The van der Waals surface area contributed by atoms with E-state index in [1.54, 1.807) is 18.0 Å². The van der Waals surface area contributed by atoms with Gasteiger partial charge < -0.3 is 15.3 Å². The van der Waals surface area contributed by atoms with Gasteiger partial charge in [0.25, 0.3) is 0 Å². The molecule has 27 heavy (non-hydrogen) atoms. The number of carbonyl (C=O) groups excluding carboxylic acids is 1. The van der Waals surface area contributed by atoms with E-state index in [9.17, 15) is 18.3 Å². The average molecular weight is 398 g/mol. The number of aromatic hydroxyl groups is 1.